The average Bonchev–Trinajstić information content (AvgIpc) is 2.42. The Hall–Kier alpha value is -2.16. The number of nitrogens with two attached hydrogens (primary N) is 1. The van der Waals surface area contributed by atoms with Gasteiger partial charge in [-0.3, -0.25) is 4.79 Å². The lowest BCUT2D eigenvalue weighted by molar-refractivity contribution is -0.113. The molecule has 0 bridgehead atoms. The van der Waals surface area contributed by atoms with Gasteiger partial charge in [0, 0.05) is 19.3 Å². The smallest absolute Gasteiger partial charge is 0.170 e. The molecule has 0 saturated heterocycles. The van der Waals surface area contributed by atoms with Crippen molar-refractivity contribution in [1.29, 1.82) is 5.26 Å². The Morgan fingerprint density at radius 1 is 1.47 bits per heavy atom. The fourth-order valence-corrected chi connectivity index (χ4v) is 1.52. The number of nitrogens with zero attached hydrogens (tertiary/aromatic N) is 2. The molecule has 100 valence electrons. The van der Waals surface area contributed by atoms with E-state index in [2.05, 4.69) is 4.84 Å². The van der Waals surface area contributed by atoms with Crippen LogP contribution in [0.4, 0.5) is 5.69 Å². The minimum atomic E-state index is -0.233. The molecule has 0 saturated carbocycles. The molecular weight excluding hydrogens is 242 g/mol. The number of Topliss-reactive ketones (excluding diaryl/α,β-unsaturated/α-hetero) is 1. The molecule has 0 amide bonds. The molecule has 0 aliphatic carbocycles. The topological polar surface area (TPSA) is 79.3 Å². The second-order valence-electron chi connectivity index (χ2n) is 4.11. The standard InChI is InChI=1S/C14H17N3O2/c1-11(18)13(10-15)9-12-3-5-14(6-4-12)17(2)7-8-19-16/h3-6,9H,7-8,16H2,1-2H3/b13-9+. The van der Waals surface area contributed by atoms with Crippen LogP contribution in [-0.4, -0.2) is 26.0 Å². The number of likely N-dealkylation sites (N-methyl/N-ethyl adjacent to an activating group) is 1. The number of nitriles is 1. The zero-order valence-corrected chi connectivity index (χ0v) is 11.1. The van der Waals surface area contributed by atoms with Gasteiger partial charge in [0.25, 0.3) is 0 Å². The zero-order chi connectivity index (χ0) is 14.3. The van der Waals surface area contributed by atoms with Gasteiger partial charge in [-0.1, -0.05) is 12.1 Å². The van der Waals surface area contributed by atoms with Crippen molar-refractivity contribution in [3.63, 3.8) is 0 Å². The molecule has 1 rings (SSSR count). The number of carbonyl (C=O) groups is 1. The molecule has 2 N–H and O–H groups in total. The maximum Gasteiger partial charge on any atom is 0.170 e. The van der Waals surface area contributed by atoms with Crippen LogP contribution in [0.1, 0.15) is 12.5 Å². The van der Waals surface area contributed by atoms with Crippen LogP contribution in [0.3, 0.4) is 0 Å². The Morgan fingerprint density at radius 2 is 2.11 bits per heavy atom. The van der Waals surface area contributed by atoms with Crippen LogP contribution in [-0.2, 0) is 9.63 Å². The largest absolute Gasteiger partial charge is 0.372 e. The van der Waals surface area contributed by atoms with Gasteiger partial charge < -0.3 is 9.74 Å². The molecule has 0 heterocycles. The highest BCUT2D eigenvalue weighted by molar-refractivity contribution is 6.01. The van der Waals surface area contributed by atoms with Gasteiger partial charge in [0.05, 0.1) is 12.2 Å². The molecule has 0 aromatic heterocycles. The quantitative estimate of drug-likeness (QED) is 0.476. The molecular formula is C14H17N3O2. The average molecular weight is 259 g/mol. The third kappa shape index (κ3) is 4.54. The Morgan fingerprint density at radius 3 is 2.58 bits per heavy atom. The van der Waals surface area contributed by atoms with Crippen LogP contribution in [0.25, 0.3) is 6.08 Å². The number of hydrogen-bond donors (Lipinski definition) is 1. The van der Waals surface area contributed by atoms with E-state index in [0.717, 1.165) is 11.3 Å². The lowest BCUT2D eigenvalue weighted by Crippen LogP contribution is -2.23. The van der Waals surface area contributed by atoms with Crippen molar-refractivity contribution in [3.8, 4) is 6.07 Å². The first-order valence-corrected chi connectivity index (χ1v) is 5.84. The summed E-state index contributed by atoms with van der Waals surface area (Å²) in [5, 5.41) is 8.82. The highest BCUT2D eigenvalue weighted by Gasteiger charge is 2.03. The lowest BCUT2D eigenvalue weighted by Gasteiger charge is -2.18. The molecule has 0 aliphatic rings. The molecule has 1 aromatic rings. The van der Waals surface area contributed by atoms with Crippen LogP contribution in [0.15, 0.2) is 29.8 Å². The van der Waals surface area contributed by atoms with Crippen molar-refractivity contribution < 1.29 is 9.63 Å². The summed E-state index contributed by atoms with van der Waals surface area (Å²) in [6.45, 7) is 2.51. The van der Waals surface area contributed by atoms with E-state index < -0.39 is 0 Å². The van der Waals surface area contributed by atoms with Crippen LogP contribution >= 0.6 is 0 Å². The van der Waals surface area contributed by atoms with Gasteiger partial charge >= 0.3 is 0 Å². The molecule has 5 heteroatoms. The maximum atomic E-state index is 11.1. The number of allylic oxidation sites excluding steroid dienone is 1. The van der Waals surface area contributed by atoms with Gasteiger partial charge in [-0.2, -0.15) is 5.26 Å². The number of ketones is 1. The number of carbonyl (C=O) groups excluding carboxylic acids is 1. The van der Waals surface area contributed by atoms with Gasteiger partial charge in [0.1, 0.15) is 6.07 Å². The summed E-state index contributed by atoms with van der Waals surface area (Å²) >= 11 is 0. The van der Waals surface area contributed by atoms with E-state index in [0.29, 0.717) is 13.2 Å². The summed E-state index contributed by atoms with van der Waals surface area (Å²) in [5.74, 6) is 4.75. The van der Waals surface area contributed by atoms with Gasteiger partial charge in [-0.05, 0) is 30.7 Å². The molecule has 0 unspecified atom stereocenters. The predicted octanol–water partition coefficient (Wildman–Crippen LogP) is 1.51. The summed E-state index contributed by atoms with van der Waals surface area (Å²) < 4.78 is 0. The van der Waals surface area contributed by atoms with E-state index in [1.54, 1.807) is 6.08 Å². The van der Waals surface area contributed by atoms with E-state index in [1.807, 2.05) is 42.3 Å². The third-order valence-corrected chi connectivity index (χ3v) is 2.69. The van der Waals surface area contributed by atoms with Gasteiger partial charge in [-0.15, -0.1) is 0 Å². The van der Waals surface area contributed by atoms with E-state index in [9.17, 15) is 4.79 Å². The Labute approximate surface area is 112 Å². The molecule has 0 radical (unpaired) electrons. The van der Waals surface area contributed by atoms with E-state index in [1.165, 1.54) is 6.92 Å². The SMILES string of the molecule is CC(=O)/C(C#N)=C/c1ccc(N(C)CCON)cc1. The summed E-state index contributed by atoms with van der Waals surface area (Å²) in [6.07, 6.45) is 1.58. The summed E-state index contributed by atoms with van der Waals surface area (Å²) in [5.41, 5.74) is 1.98. The molecule has 19 heavy (non-hydrogen) atoms. The second kappa shape index (κ2) is 7.31. The minimum Gasteiger partial charge on any atom is -0.372 e. The van der Waals surface area contributed by atoms with Gasteiger partial charge in [0.2, 0.25) is 0 Å². The van der Waals surface area contributed by atoms with Crippen LogP contribution in [0, 0.1) is 11.3 Å². The second-order valence-corrected chi connectivity index (χ2v) is 4.11. The predicted molar refractivity (Wildman–Crippen MR) is 74.1 cm³/mol. The number of anilines is 1. The highest BCUT2D eigenvalue weighted by atomic mass is 16.6. The number of benzene rings is 1. The normalized spacial score (nSPS) is 10.9. The number of rotatable bonds is 6. The zero-order valence-electron chi connectivity index (χ0n) is 11.1. The fraction of sp³-hybridized carbons (Fsp3) is 0.286. The summed E-state index contributed by atoms with van der Waals surface area (Å²) in [6, 6.07) is 9.43. The van der Waals surface area contributed by atoms with E-state index >= 15 is 0 Å². The van der Waals surface area contributed by atoms with Crippen LogP contribution in [0.5, 0.6) is 0 Å². The fourth-order valence-electron chi connectivity index (χ4n) is 1.52. The van der Waals surface area contributed by atoms with Crippen molar-refractivity contribution in [1.82, 2.24) is 0 Å². The first kappa shape index (κ1) is 14.9. The van der Waals surface area contributed by atoms with Crippen LogP contribution < -0.4 is 10.8 Å². The van der Waals surface area contributed by atoms with Crippen molar-refractivity contribution in [2.75, 3.05) is 25.1 Å². The Balaban J connectivity index is 2.82. The molecule has 0 atom stereocenters. The van der Waals surface area contributed by atoms with E-state index in [4.69, 9.17) is 11.2 Å². The van der Waals surface area contributed by atoms with Crippen molar-refractivity contribution in [2.24, 2.45) is 5.90 Å². The summed E-state index contributed by atoms with van der Waals surface area (Å²) in [7, 11) is 1.93. The monoisotopic (exact) mass is 259 g/mol. The third-order valence-electron chi connectivity index (χ3n) is 2.69. The number of hydrogen-bond acceptors (Lipinski definition) is 5. The van der Waals surface area contributed by atoms with Crippen molar-refractivity contribution >= 4 is 17.5 Å². The van der Waals surface area contributed by atoms with E-state index in [-0.39, 0.29) is 11.4 Å². The van der Waals surface area contributed by atoms with Crippen molar-refractivity contribution in [2.45, 2.75) is 6.92 Å². The van der Waals surface area contributed by atoms with Crippen molar-refractivity contribution in [3.05, 3.63) is 35.4 Å². The van der Waals surface area contributed by atoms with Gasteiger partial charge in [-0.25, -0.2) is 5.90 Å². The first-order chi connectivity index (χ1) is 9.08. The molecule has 0 aliphatic heterocycles. The highest BCUT2D eigenvalue weighted by Crippen LogP contribution is 2.15. The molecule has 0 fully saturated rings. The molecule has 0 spiro atoms. The Bertz CT molecular complexity index is 500. The minimum absolute atomic E-state index is 0.151. The first-order valence-electron chi connectivity index (χ1n) is 5.84. The lowest BCUT2D eigenvalue weighted by atomic mass is 10.1. The Kier molecular flexibility index (Phi) is 5.73. The summed E-state index contributed by atoms with van der Waals surface area (Å²) in [4.78, 5) is 17.7. The van der Waals surface area contributed by atoms with Crippen LogP contribution in [0.2, 0.25) is 0 Å². The molecule has 5 nitrogen and oxygen atoms in total. The maximum absolute atomic E-state index is 11.1. The molecule has 1 aromatic carbocycles. The van der Waals surface area contributed by atoms with Gasteiger partial charge in [0.15, 0.2) is 5.78 Å².